The van der Waals surface area contributed by atoms with Gasteiger partial charge in [0, 0.05) is 25.0 Å². The number of nitrogens with zero attached hydrogens (tertiary/aromatic N) is 6. The van der Waals surface area contributed by atoms with E-state index in [1.165, 1.54) is 23.3 Å². The van der Waals surface area contributed by atoms with Crippen molar-refractivity contribution in [3.8, 4) is 11.7 Å². The van der Waals surface area contributed by atoms with E-state index < -0.39 is 11.7 Å². The highest BCUT2D eigenvalue weighted by atomic mass is 19.4. The minimum absolute atomic E-state index is 0.113. The van der Waals surface area contributed by atoms with Crippen LogP contribution in [0.2, 0.25) is 0 Å². The molecule has 3 aromatic heterocycles. The Balaban J connectivity index is 1.37. The zero-order valence-electron chi connectivity index (χ0n) is 17.0. The maximum absolute atomic E-state index is 13.5. The average molecular weight is 444 g/mol. The molecular weight excluding hydrogens is 425 g/mol. The lowest BCUT2D eigenvalue weighted by atomic mass is 10.1. The lowest BCUT2D eigenvalue weighted by molar-refractivity contribution is -0.137. The molecule has 3 aromatic rings. The number of hydrogen-bond donors (Lipinski definition) is 0. The smallest absolute Gasteiger partial charge is 0.417 e. The van der Waals surface area contributed by atoms with E-state index in [4.69, 9.17) is 4.74 Å². The third-order valence-corrected chi connectivity index (χ3v) is 5.86. The number of alkyl halides is 3. The van der Waals surface area contributed by atoms with Crippen LogP contribution in [-0.4, -0.2) is 54.5 Å². The predicted octanol–water partition coefficient (Wildman–Crippen LogP) is 3.07. The van der Waals surface area contributed by atoms with Gasteiger partial charge in [0.1, 0.15) is 6.10 Å². The zero-order chi connectivity index (χ0) is 22.5. The minimum Gasteiger partial charge on any atom is -0.472 e. The zero-order valence-corrected chi connectivity index (χ0v) is 17.0. The first-order chi connectivity index (χ1) is 15.3. The normalized spacial score (nSPS) is 22.4. The van der Waals surface area contributed by atoms with Crippen LogP contribution in [0.15, 0.2) is 43.0 Å². The summed E-state index contributed by atoms with van der Waals surface area (Å²) < 4.78 is 44.2. The van der Waals surface area contributed by atoms with Gasteiger partial charge in [-0.05, 0) is 43.4 Å². The highest BCUT2D eigenvalue weighted by Crippen LogP contribution is 2.41. The highest BCUT2D eigenvalue weighted by Gasteiger charge is 2.49. The molecule has 11 heteroatoms. The molecule has 3 atom stereocenters. The summed E-state index contributed by atoms with van der Waals surface area (Å²) in [7, 11) is 0. The van der Waals surface area contributed by atoms with Crippen LogP contribution in [0.25, 0.3) is 5.82 Å². The molecule has 8 nitrogen and oxygen atoms in total. The molecule has 2 unspecified atom stereocenters. The second-order valence-electron chi connectivity index (χ2n) is 8.10. The lowest BCUT2D eigenvalue weighted by Crippen LogP contribution is -2.47. The lowest BCUT2D eigenvalue weighted by Gasteiger charge is -2.33. The van der Waals surface area contributed by atoms with Crippen molar-refractivity contribution in [2.24, 2.45) is 5.92 Å². The van der Waals surface area contributed by atoms with Gasteiger partial charge >= 0.3 is 6.18 Å². The van der Waals surface area contributed by atoms with Gasteiger partial charge in [-0.3, -0.25) is 4.79 Å². The number of pyridine rings is 2. The maximum atomic E-state index is 13.5. The van der Waals surface area contributed by atoms with Gasteiger partial charge < -0.3 is 9.64 Å². The van der Waals surface area contributed by atoms with Gasteiger partial charge in [0.15, 0.2) is 5.82 Å². The number of piperidine rings is 1. The van der Waals surface area contributed by atoms with Gasteiger partial charge in [0.05, 0.1) is 29.6 Å². The number of carbonyl (C=O) groups excluding carboxylic acids is 1. The van der Waals surface area contributed by atoms with Crippen LogP contribution in [0.5, 0.6) is 5.88 Å². The molecule has 1 aliphatic carbocycles. The molecule has 0 aromatic carbocycles. The number of amides is 1. The van der Waals surface area contributed by atoms with Gasteiger partial charge in [0.2, 0.25) is 5.88 Å². The summed E-state index contributed by atoms with van der Waals surface area (Å²) in [5.41, 5.74) is 0.386. The van der Waals surface area contributed by atoms with Gasteiger partial charge in [-0.15, -0.1) is 4.80 Å². The molecule has 4 heterocycles. The molecule has 166 valence electrons. The van der Waals surface area contributed by atoms with Crippen LogP contribution < -0.4 is 4.74 Å². The molecule has 0 spiro atoms. The standard InChI is InChI=1S/C21H19F3N6O2/c1-12-6-15(19(26-9-12)30-27-4-5-28-30)20(31)29-11-13-7-16(29)17(8-13)32-18-3-2-14(10-25-18)21(22,23)24/h2-6,9-10,13,16-17H,7-8,11H2,1H3/t13?,16?,17-/m0/s1. The number of aryl methyl sites for hydroxylation is 1. The Morgan fingerprint density at radius 3 is 2.56 bits per heavy atom. The van der Waals surface area contributed by atoms with Crippen LogP contribution >= 0.6 is 0 Å². The van der Waals surface area contributed by atoms with E-state index in [0.29, 0.717) is 17.9 Å². The van der Waals surface area contributed by atoms with Crippen molar-refractivity contribution >= 4 is 5.91 Å². The number of rotatable bonds is 4. The summed E-state index contributed by atoms with van der Waals surface area (Å²) in [5.74, 6) is 0.513. The number of hydrogen-bond acceptors (Lipinski definition) is 6. The molecule has 2 aliphatic rings. The van der Waals surface area contributed by atoms with Crippen molar-refractivity contribution in [3.63, 3.8) is 0 Å². The molecule has 1 saturated carbocycles. The molecular formula is C21H19F3N6O2. The van der Waals surface area contributed by atoms with Crippen molar-refractivity contribution < 1.29 is 22.7 Å². The van der Waals surface area contributed by atoms with Gasteiger partial charge in [-0.1, -0.05) is 0 Å². The molecule has 1 amide bonds. The van der Waals surface area contributed by atoms with Gasteiger partial charge in [-0.25, -0.2) is 9.97 Å². The summed E-state index contributed by atoms with van der Waals surface area (Å²) in [6.45, 7) is 2.44. The minimum atomic E-state index is -4.45. The number of ether oxygens (including phenoxy) is 1. The Hall–Kier alpha value is -3.50. The Labute approximate surface area is 181 Å². The van der Waals surface area contributed by atoms with Crippen molar-refractivity contribution in [2.75, 3.05) is 6.54 Å². The summed E-state index contributed by atoms with van der Waals surface area (Å²) >= 11 is 0. The number of aromatic nitrogens is 5. The summed E-state index contributed by atoms with van der Waals surface area (Å²) in [6, 6.07) is 3.72. The first kappa shape index (κ1) is 20.4. The molecule has 32 heavy (non-hydrogen) atoms. The summed E-state index contributed by atoms with van der Waals surface area (Å²) in [6.07, 6.45) is 2.11. The van der Waals surface area contributed by atoms with E-state index in [0.717, 1.165) is 30.7 Å². The van der Waals surface area contributed by atoms with Crippen LogP contribution in [0, 0.1) is 12.8 Å². The molecule has 0 radical (unpaired) electrons. The molecule has 0 N–H and O–H groups in total. The second kappa shape index (κ2) is 7.57. The Morgan fingerprint density at radius 2 is 1.91 bits per heavy atom. The fourth-order valence-corrected chi connectivity index (χ4v) is 4.46. The first-order valence-electron chi connectivity index (χ1n) is 10.1. The van der Waals surface area contributed by atoms with Crippen molar-refractivity contribution in [2.45, 2.75) is 38.1 Å². The third-order valence-electron chi connectivity index (χ3n) is 5.86. The van der Waals surface area contributed by atoms with E-state index in [-0.39, 0.29) is 29.9 Å². The molecule has 2 bridgehead atoms. The number of likely N-dealkylation sites (tertiary alicyclic amines) is 1. The molecule has 1 saturated heterocycles. The van der Waals surface area contributed by atoms with Gasteiger partial charge in [-0.2, -0.15) is 23.4 Å². The van der Waals surface area contributed by atoms with E-state index in [1.807, 2.05) is 6.92 Å². The third kappa shape index (κ3) is 3.67. The van der Waals surface area contributed by atoms with Crippen LogP contribution in [0.4, 0.5) is 13.2 Å². The van der Waals surface area contributed by atoms with Gasteiger partial charge in [0.25, 0.3) is 5.91 Å². The summed E-state index contributed by atoms with van der Waals surface area (Å²) in [4.78, 5) is 24.7. The SMILES string of the molecule is Cc1cnc(-n2nccn2)c(C(=O)N2CC3CC2[C@@H](Oc2ccc(C(F)(F)F)cn2)C3)c1. The topological polar surface area (TPSA) is 86.0 Å². The Kier molecular flexibility index (Phi) is 4.83. The number of carbonyl (C=O) groups is 1. The monoisotopic (exact) mass is 444 g/mol. The average Bonchev–Trinajstić information content (AvgIpc) is 3.50. The maximum Gasteiger partial charge on any atom is 0.417 e. The Morgan fingerprint density at radius 1 is 1.12 bits per heavy atom. The fourth-order valence-electron chi connectivity index (χ4n) is 4.46. The van der Waals surface area contributed by atoms with E-state index >= 15 is 0 Å². The number of halogens is 3. The van der Waals surface area contributed by atoms with E-state index in [9.17, 15) is 18.0 Å². The summed E-state index contributed by atoms with van der Waals surface area (Å²) in [5, 5.41) is 8.18. The van der Waals surface area contributed by atoms with Crippen molar-refractivity contribution in [1.82, 2.24) is 29.9 Å². The second-order valence-corrected chi connectivity index (χ2v) is 8.10. The molecule has 1 aliphatic heterocycles. The Bertz CT molecular complexity index is 1130. The molecule has 5 rings (SSSR count). The van der Waals surface area contributed by atoms with Crippen LogP contribution in [0.3, 0.4) is 0 Å². The predicted molar refractivity (Wildman–Crippen MR) is 105 cm³/mol. The first-order valence-corrected chi connectivity index (χ1v) is 10.1. The van der Waals surface area contributed by atoms with E-state index in [1.54, 1.807) is 17.2 Å². The van der Waals surface area contributed by atoms with Crippen LogP contribution in [0.1, 0.15) is 34.3 Å². The quantitative estimate of drug-likeness (QED) is 0.615. The fraction of sp³-hybridized carbons (Fsp3) is 0.381. The van der Waals surface area contributed by atoms with Crippen molar-refractivity contribution in [1.29, 1.82) is 0 Å². The highest BCUT2D eigenvalue weighted by molar-refractivity contribution is 5.97. The largest absolute Gasteiger partial charge is 0.472 e. The van der Waals surface area contributed by atoms with E-state index in [2.05, 4.69) is 20.2 Å². The van der Waals surface area contributed by atoms with Crippen LogP contribution in [-0.2, 0) is 6.18 Å². The van der Waals surface area contributed by atoms with Crippen molar-refractivity contribution in [3.05, 3.63) is 59.7 Å². The number of fused-ring (bicyclic) bond motifs is 2. The molecule has 2 fully saturated rings.